The van der Waals surface area contributed by atoms with Crippen LogP contribution in [0.25, 0.3) is 0 Å². The van der Waals surface area contributed by atoms with Crippen molar-refractivity contribution in [2.24, 2.45) is 5.92 Å². The summed E-state index contributed by atoms with van der Waals surface area (Å²) in [6.45, 7) is 6.01. The number of sulfone groups is 1. The summed E-state index contributed by atoms with van der Waals surface area (Å²) in [5.41, 5.74) is -0.329. The summed E-state index contributed by atoms with van der Waals surface area (Å²) in [6, 6.07) is -0.250. The number of nitrogens with zero attached hydrogens (tertiary/aromatic N) is 1. The van der Waals surface area contributed by atoms with Crippen molar-refractivity contribution in [3.05, 3.63) is 0 Å². The van der Waals surface area contributed by atoms with Crippen LogP contribution in [0.2, 0.25) is 0 Å². The molecule has 2 saturated heterocycles. The van der Waals surface area contributed by atoms with Gasteiger partial charge in [-0.1, -0.05) is 0 Å². The molecule has 1 N–H and O–H groups in total. The number of carbonyl (C=O) groups excluding carboxylic acids is 2. The molecule has 20 heavy (non-hydrogen) atoms. The second kappa shape index (κ2) is 5.02. The zero-order chi connectivity index (χ0) is 15.1. The molecule has 0 radical (unpaired) electrons. The van der Waals surface area contributed by atoms with Crippen LogP contribution in [-0.4, -0.2) is 54.8 Å². The largest absolute Gasteiger partial charge is 0.351 e. The van der Waals surface area contributed by atoms with Gasteiger partial charge in [0.25, 0.3) is 0 Å². The third kappa shape index (κ3) is 3.50. The Morgan fingerprint density at radius 2 is 2.00 bits per heavy atom. The van der Waals surface area contributed by atoms with Crippen molar-refractivity contribution in [2.45, 2.75) is 45.2 Å². The average Bonchev–Trinajstić information content (AvgIpc) is 2.79. The third-order valence-corrected chi connectivity index (χ3v) is 5.43. The van der Waals surface area contributed by atoms with Crippen molar-refractivity contribution in [2.75, 3.05) is 18.1 Å². The summed E-state index contributed by atoms with van der Waals surface area (Å²) in [6.07, 6.45) is 0.667. The first-order valence-electron chi connectivity index (χ1n) is 6.89. The van der Waals surface area contributed by atoms with Gasteiger partial charge >= 0.3 is 0 Å². The molecule has 0 bridgehead atoms. The summed E-state index contributed by atoms with van der Waals surface area (Å²) in [7, 11) is -3.02. The van der Waals surface area contributed by atoms with Gasteiger partial charge < -0.3 is 10.2 Å². The number of amides is 2. The van der Waals surface area contributed by atoms with Crippen molar-refractivity contribution in [1.29, 1.82) is 0 Å². The standard InChI is InChI=1S/C13H22N2O4S/c1-13(2,3)14-12(17)9-6-11(16)15(7-9)10-4-5-20(18,19)8-10/h9-10H,4-8H2,1-3H3,(H,14,17)/t9-,10-/m1/s1. The van der Waals surface area contributed by atoms with Gasteiger partial charge in [-0.05, 0) is 27.2 Å². The highest BCUT2D eigenvalue weighted by Crippen LogP contribution is 2.26. The first kappa shape index (κ1) is 15.3. The molecule has 0 aromatic carbocycles. The van der Waals surface area contributed by atoms with Crippen LogP contribution in [0.1, 0.15) is 33.6 Å². The summed E-state index contributed by atoms with van der Waals surface area (Å²) in [5.74, 6) is -0.437. The van der Waals surface area contributed by atoms with E-state index in [4.69, 9.17) is 0 Å². The van der Waals surface area contributed by atoms with Gasteiger partial charge in [-0.15, -0.1) is 0 Å². The molecule has 2 heterocycles. The maximum absolute atomic E-state index is 12.1. The van der Waals surface area contributed by atoms with Gasteiger partial charge in [0.15, 0.2) is 9.84 Å². The van der Waals surface area contributed by atoms with Crippen LogP contribution in [0, 0.1) is 5.92 Å². The predicted molar refractivity (Wildman–Crippen MR) is 74.8 cm³/mol. The van der Waals surface area contributed by atoms with E-state index in [2.05, 4.69) is 5.32 Å². The van der Waals surface area contributed by atoms with Crippen molar-refractivity contribution in [3.63, 3.8) is 0 Å². The fraction of sp³-hybridized carbons (Fsp3) is 0.846. The van der Waals surface area contributed by atoms with Crippen molar-refractivity contribution in [1.82, 2.24) is 10.2 Å². The lowest BCUT2D eigenvalue weighted by atomic mass is 10.0. The van der Waals surface area contributed by atoms with E-state index in [0.717, 1.165) is 0 Å². The molecule has 0 unspecified atom stereocenters. The van der Waals surface area contributed by atoms with Crippen LogP contribution in [-0.2, 0) is 19.4 Å². The monoisotopic (exact) mass is 302 g/mol. The van der Waals surface area contributed by atoms with Crippen LogP contribution in [0.4, 0.5) is 0 Å². The van der Waals surface area contributed by atoms with Crippen LogP contribution in [0.5, 0.6) is 0 Å². The summed E-state index contributed by atoms with van der Waals surface area (Å²) in [5, 5.41) is 2.87. The van der Waals surface area contributed by atoms with E-state index in [1.54, 1.807) is 4.90 Å². The van der Waals surface area contributed by atoms with Gasteiger partial charge in [-0.3, -0.25) is 9.59 Å². The first-order chi connectivity index (χ1) is 9.07. The summed E-state index contributed by atoms with van der Waals surface area (Å²) < 4.78 is 23.0. The molecule has 2 aliphatic rings. The molecule has 6 nitrogen and oxygen atoms in total. The Bertz CT molecular complexity index is 521. The maximum atomic E-state index is 12.1. The molecule has 2 amide bonds. The zero-order valence-corrected chi connectivity index (χ0v) is 13.0. The van der Waals surface area contributed by atoms with Crippen LogP contribution in [0.15, 0.2) is 0 Å². The van der Waals surface area contributed by atoms with Crippen molar-refractivity contribution in [3.8, 4) is 0 Å². The van der Waals surface area contributed by atoms with Gasteiger partial charge in [0.1, 0.15) is 0 Å². The lowest BCUT2D eigenvalue weighted by Gasteiger charge is -2.25. The number of hydrogen-bond donors (Lipinski definition) is 1. The molecule has 114 valence electrons. The molecule has 0 saturated carbocycles. The maximum Gasteiger partial charge on any atom is 0.225 e. The van der Waals surface area contributed by atoms with Crippen molar-refractivity contribution < 1.29 is 18.0 Å². The lowest BCUT2D eigenvalue weighted by Crippen LogP contribution is -2.45. The molecule has 0 aromatic rings. The van der Waals surface area contributed by atoms with Crippen LogP contribution < -0.4 is 5.32 Å². The molecule has 2 rings (SSSR count). The molecular formula is C13H22N2O4S. The number of hydrogen-bond acceptors (Lipinski definition) is 4. The summed E-state index contributed by atoms with van der Waals surface area (Å²) in [4.78, 5) is 25.7. The average molecular weight is 302 g/mol. The van der Waals surface area contributed by atoms with Gasteiger partial charge in [-0.25, -0.2) is 8.42 Å². The fourth-order valence-corrected chi connectivity index (χ4v) is 4.48. The predicted octanol–water partition coefficient (Wildman–Crippen LogP) is -0.0633. The second-order valence-electron chi connectivity index (χ2n) is 6.74. The van der Waals surface area contributed by atoms with E-state index < -0.39 is 9.84 Å². The minimum absolute atomic E-state index is 0.0341. The Balaban J connectivity index is 1.99. The van der Waals surface area contributed by atoms with Crippen LogP contribution in [0.3, 0.4) is 0 Å². The van der Waals surface area contributed by atoms with Gasteiger partial charge in [-0.2, -0.15) is 0 Å². The van der Waals surface area contributed by atoms with E-state index in [9.17, 15) is 18.0 Å². The molecule has 2 atom stereocenters. The Labute approximate surface area is 119 Å². The molecule has 0 aliphatic carbocycles. The Morgan fingerprint density at radius 3 is 2.50 bits per heavy atom. The number of carbonyl (C=O) groups is 2. The lowest BCUT2D eigenvalue weighted by molar-refractivity contribution is -0.130. The molecule has 0 aromatic heterocycles. The van der Waals surface area contributed by atoms with E-state index in [1.807, 2.05) is 20.8 Å². The second-order valence-corrected chi connectivity index (χ2v) is 8.97. The minimum atomic E-state index is -3.02. The number of likely N-dealkylation sites (tertiary alicyclic amines) is 1. The Hall–Kier alpha value is -1.11. The van der Waals surface area contributed by atoms with Crippen molar-refractivity contribution >= 4 is 21.7 Å². The smallest absolute Gasteiger partial charge is 0.225 e. The first-order valence-corrected chi connectivity index (χ1v) is 8.71. The van der Waals surface area contributed by atoms with E-state index in [-0.39, 0.29) is 47.2 Å². The van der Waals surface area contributed by atoms with Gasteiger partial charge in [0, 0.05) is 24.5 Å². The van der Waals surface area contributed by atoms with E-state index >= 15 is 0 Å². The summed E-state index contributed by atoms with van der Waals surface area (Å²) >= 11 is 0. The molecule has 2 aliphatic heterocycles. The highest BCUT2D eigenvalue weighted by Gasteiger charge is 2.42. The molecule has 2 fully saturated rings. The third-order valence-electron chi connectivity index (χ3n) is 3.68. The normalized spacial score (nSPS) is 29.8. The Morgan fingerprint density at radius 1 is 1.35 bits per heavy atom. The highest BCUT2D eigenvalue weighted by molar-refractivity contribution is 7.91. The van der Waals surface area contributed by atoms with Gasteiger partial charge in [0.05, 0.1) is 17.4 Å². The highest BCUT2D eigenvalue weighted by atomic mass is 32.2. The quantitative estimate of drug-likeness (QED) is 0.774. The zero-order valence-electron chi connectivity index (χ0n) is 12.2. The van der Waals surface area contributed by atoms with Gasteiger partial charge in [0.2, 0.25) is 11.8 Å². The minimum Gasteiger partial charge on any atom is -0.351 e. The number of rotatable bonds is 2. The fourth-order valence-electron chi connectivity index (χ4n) is 2.75. The number of nitrogens with one attached hydrogen (secondary N) is 1. The molecular weight excluding hydrogens is 280 g/mol. The Kier molecular flexibility index (Phi) is 3.83. The van der Waals surface area contributed by atoms with E-state index in [0.29, 0.717) is 13.0 Å². The van der Waals surface area contributed by atoms with E-state index in [1.165, 1.54) is 0 Å². The molecule has 0 spiro atoms. The molecule has 7 heteroatoms. The SMILES string of the molecule is CC(C)(C)NC(=O)[C@@H]1CC(=O)N([C@@H]2CCS(=O)(=O)C2)C1. The topological polar surface area (TPSA) is 83.6 Å². The van der Waals surface area contributed by atoms with Crippen LogP contribution >= 0.6 is 0 Å².